The minimum Gasteiger partial charge on any atom is -0.497 e. The second-order valence-corrected chi connectivity index (χ2v) is 5.72. The molecular formula is C17H25NO5. The smallest absolute Gasteiger partial charge is 0.326 e. The van der Waals surface area contributed by atoms with Crippen LogP contribution < -0.4 is 14.8 Å². The summed E-state index contributed by atoms with van der Waals surface area (Å²) >= 11 is 0. The summed E-state index contributed by atoms with van der Waals surface area (Å²) in [5, 5.41) is 11.6. The number of ether oxygens (including phenoxy) is 2. The zero-order valence-electron chi connectivity index (χ0n) is 13.9. The number of nitrogens with one attached hydrogen (secondary N) is 1. The molecule has 1 aromatic rings. The van der Waals surface area contributed by atoms with Crippen LogP contribution in [0.2, 0.25) is 0 Å². The van der Waals surface area contributed by atoms with E-state index in [1.807, 2.05) is 13.8 Å². The third kappa shape index (κ3) is 7.54. The maximum atomic E-state index is 11.8. The highest BCUT2D eigenvalue weighted by Gasteiger charge is 2.20. The Morgan fingerprint density at radius 1 is 1.17 bits per heavy atom. The maximum Gasteiger partial charge on any atom is 0.326 e. The van der Waals surface area contributed by atoms with Crippen LogP contribution >= 0.6 is 0 Å². The predicted molar refractivity (Wildman–Crippen MR) is 86.7 cm³/mol. The summed E-state index contributed by atoms with van der Waals surface area (Å²) in [7, 11) is 1.60. The van der Waals surface area contributed by atoms with Crippen molar-refractivity contribution in [2.45, 2.75) is 39.2 Å². The van der Waals surface area contributed by atoms with E-state index in [4.69, 9.17) is 14.6 Å². The number of carboxylic acid groups (broad SMARTS) is 1. The molecule has 1 atom stereocenters. The Bertz CT molecular complexity index is 498. The van der Waals surface area contributed by atoms with E-state index in [1.165, 1.54) is 0 Å². The second kappa shape index (κ2) is 9.71. The third-order valence-corrected chi connectivity index (χ3v) is 3.22. The van der Waals surface area contributed by atoms with Crippen LogP contribution in [0.1, 0.15) is 33.1 Å². The van der Waals surface area contributed by atoms with Gasteiger partial charge in [0.25, 0.3) is 0 Å². The molecule has 0 aliphatic heterocycles. The molecule has 0 aromatic heterocycles. The number of amides is 1. The number of rotatable bonds is 10. The first-order valence-corrected chi connectivity index (χ1v) is 7.71. The van der Waals surface area contributed by atoms with Crippen LogP contribution in [-0.4, -0.2) is 36.7 Å². The van der Waals surface area contributed by atoms with Gasteiger partial charge in [-0.25, -0.2) is 4.79 Å². The Labute approximate surface area is 136 Å². The van der Waals surface area contributed by atoms with Gasteiger partial charge in [0.15, 0.2) is 0 Å². The molecule has 1 rings (SSSR count). The summed E-state index contributed by atoms with van der Waals surface area (Å²) < 4.78 is 10.6. The van der Waals surface area contributed by atoms with E-state index < -0.39 is 12.0 Å². The summed E-state index contributed by atoms with van der Waals surface area (Å²) in [6.45, 7) is 4.23. The fraction of sp³-hybridized carbons (Fsp3) is 0.529. The minimum atomic E-state index is -0.999. The molecule has 0 radical (unpaired) electrons. The van der Waals surface area contributed by atoms with Gasteiger partial charge in [-0.15, -0.1) is 0 Å². The average Bonchev–Trinajstić information content (AvgIpc) is 2.51. The molecule has 0 unspecified atom stereocenters. The number of aliphatic carboxylic acids is 1. The van der Waals surface area contributed by atoms with Crippen molar-refractivity contribution in [3.8, 4) is 11.5 Å². The summed E-state index contributed by atoms with van der Waals surface area (Å²) in [5.74, 6) is 0.392. The number of carbonyl (C=O) groups is 2. The molecule has 6 nitrogen and oxygen atoms in total. The highest BCUT2D eigenvalue weighted by molar-refractivity contribution is 5.83. The van der Waals surface area contributed by atoms with E-state index in [0.717, 1.165) is 5.75 Å². The van der Waals surface area contributed by atoms with Crippen molar-refractivity contribution in [2.24, 2.45) is 5.92 Å². The normalized spacial score (nSPS) is 11.8. The third-order valence-electron chi connectivity index (χ3n) is 3.22. The first kappa shape index (κ1) is 18.8. The summed E-state index contributed by atoms with van der Waals surface area (Å²) in [6, 6.07) is 6.35. The SMILES string of the molecule is COc1ccc(OCCCC(=O)N[C@@H](CC(C)C)C(=O)O)cc1. The Hall–Kier alpha value is -2.24. The van der Waals surface area contributed by atoms with Gasteiger partial charge in [0, 0.05) is 6.42 Å². The lowest BCUT2D eigenvalue weighted by Gasteiger charge is -2.16. The van der Waals surface area contributed by atoms with Crippen LogP contribution in [0.3, 0.4) is 0 Å². The van der Waals surface area contributed by atoms with Gasteiger partial charge in [0.2, 0.25) is 5.91 Å². The Kier molecular flexibility index (Phi) is 7.94. The van der Waals surface area contributed by atoms with Crippen molar-refractivity contribution in [1.29, 1.82) is 0 Å². The lowest BCUT2D eigenvalue weighted by molar-refractivity contribution is -0.142. The lowest BCUT2D eigenvalue weighted by Crippen LogP contribution is -2.41. The fourth-order valence-electron chi connectivity index (χ4n) is 2.05. The van der Waals surface area contributed by atoms with Gasteiger partial charge >= 0.3 is 5.97 Å². The van der Waals surface area contributed by atoms with Gasteiger partial charge in [-0.3, -0.25) is 4.79 Å². The molecule has 23 heavy (non-hydrogen) atoms. The van der Waals surface area contributed by atoms with Gasteiger partial charge in [0.1, 0.15) is 17.5 Å². The topological polar surface area (TPSA) is 84.9 Å². The van der Waals surface area contributed by atoms with E-state index in [9.17, 15) is 9.59 Å². The van der Waals surface area contributed by atoms with Crippen LogP contribution in [0.15, 0.2) is 24.3 Å². The van der Waals surface area contributed by atoms with Crippen molar-refractivity contribution in [2.75, 3.05) is 13.7 Å². The van der Waals surface area contributed by atoms with Gasteiger partial charge in [-0.1, -0.05) is 13.8 Å². The lowest BCUT2D eigenvalue weighted by atomic mass is 10.0. The molecule has 0 aliphatic rings. The molecule has 1 aromatic carbocycles. The number of hydrogen-bond acceptors (Lipinski definition) is 4. The summed E-state index contributed by atoms with van der Waals surface area (Å²) in [6.07, 6.45) is 1.17. The van der Waals surface area contributed by atoms with E-state index in [-0.39, 0.29) is 18.2 Å². The van der Waals surface area contributed by atoms with E-state index in [0.29, 0.717) is 25.2 Å². The van der Waals surface area contributed by atoms with Crippen LogP contribution in [0, 0.1) is 5.92 Å². The number of methoxy groups -OCH3 is 1. The number of benzene rings is 1. The Morgan fingerprint density at radius 3 is 2.30 bits per heavy atom. The quantitative estimate of drug-likeness (QED) is 0.646. The minimum absolute atomic E-state index is 0.204. The van der Waals surface area contributed by atoms with Crippen LogP contribution in [-0.2, 0) is 9.59 Å². The molecule has 0 heterocycles. The highest BCUT2D eigenvalue weighted by Crippen LogP contribution is 2.17. The van der Waals surface area contributed by atoms with Gasteiger partial charge < -0.3 is 19.9 Å². The van der Waals surface area contributed by atoms with Crippen LogP contribution in [0.25, 0.3) is 0 Å². The number of hydrogen-bond donors (Lipinski definition) is 2. The molecule has 0 fully saturated rings. The standard InChI is InChI=1S/C17H25NO5/c1-12(2)11-15(17(20)21)18-16(19)5-4-10-23-14-8-6-13(22-3)7-9-14/h6-9,12,15H,4-5,10-11H2,1-3H3,(H,18,19)(H,20,21)/t15-/m0/s1. The van der Waals surface area contributed by atoms with E-state index in [1.54, 1.807) is 31.4 Å². The van der Waals surface area contributed by atoms with Crippen molar-refractivity contribution >= 4 is 11.9 Å². The molecule has 0 spiro atoms. The molecule has 6 heteroatoms. The van der Waals surface area contributed by atoms with Crippen LogP contribution in [0.4, 0.5) is 0 Å². The Balaban J connectivity index is 2.28. The zero-order valence-corrected chi connectivity index (χ0v) is 13.9. The first-order chi connectivity index (χ1) is 10.9. The zero-order chi connectivity index (χ0) is 17.2. The largest absolute Gasteiger partial charge is 0.497 e. The monoisotopic (exact) mass is 323 g/mol. The van der Waals surface area contributed by atoms with E-state index in [2.05, 4.69) is 5.32 Å². The molecule has 0 saturated carbocycles. The van der Waals surface area contributed by atoms with E-state index >= 15 is 0 Å². The van der Waals surface area contributed by atoms with Crippen molar-refractivity contribution in [3.05, 3.63) is 24.3 Å². The molecule has 2 N–H and O–H groups in total. The van der Waals surface area contributed by atoms with Gasteiger partial charge in [0.05, 0.1) is 13.7 Å². The maximum absolute atomic E-state index is 11.8. The Morgan fingerprint density at radius 2 is 1.78 bits per heavy atom. The molecule has 128 valence electrons. The number of carboxylic acids is 1. The molecule has 0 bridgehead atoms. The van der Waals surface area contributed by atoms with Gasteiger partial charge in [-0.05, 0) is 43.0 Å². The summed E-state index contributed by atoms with van der Waals surface area (Å²) in [4.78, 5) is 22.9. The molecular weight excluding hydrogens is 298 g/mol. The molecule has 0 aliphatic carbocycles. The predicted octanol–water partition coefficient (Wildman–Crippen LogP) is 2.47. The fourth-order valence-corrected chi connectivity index (χ4v) is 2.05. The van der Waals surface area contributed by atoms with Crippen molar-refractivity contribution < 1.29 is 24.2 Å². The van der Waals surface area contributed by atoms with Gasteiger partial charge in [-0.2, -0.15) is 0 Å². The molecule has 0 saturated heterocycles. The van der Waals surface area contributed by atoms with Crippen LogP contribution in [0.5, 0.6) is 11.5 Å². The summed E-state index contributed by atoms with van der Waals surface area (Å²) in [5.41, 5.74) is 0. The highest BCUT2D eigenvalue weighted by atomic mass is 16.5. The van der Waals surface area contributed by atoms with Crippen molar-refractivity contribution in [1.82, 2.24) is 5.32 Å². The second-order valence-electron chi connectivity index (χ2n) is 5.72. The van der Waals surface area contributed by atoms with Crippen molar-refractivity contribution in [3.63, 3.8) is 0 Å². The molecule has 1 amide bonds. The number of carbonyl (C=O) groups excluding carboxylic acids is 1. The average molecular weight is 323 g/mol. The first-order valence-electron chi connectivity index (χ1n) is 7.71.